The molecule has 3 aromatic carbocycles. The molecule has 0 aliphatic heterocycles. The van der Waals surface area contributed by atoms with Crippen molar-refractivity contribution in [2.75, 3.05) is 11.1 Å². The van der Waals surface area contributed by atoms with Crippen LogP contribution >= 0.6 is 11.8 Å². The van der Waals surface area contributed by atoms with E-state index >= 15 is 0 Å². The van der Waals surface area contributed by atoms with Gasteiger partial charge in [0.15, 0.2) is 10.9 Å². The van der Waals surface area contributed by atoms with Crippen LogP contribution in [0.25, 0.3) is 28.2 Å². The molecule has 8 heteroatoms. The second-order valence-electron chi connectivity index (χ2n) is 6.94. The average Bonchev–Trinajstić information content (AvgIpc) is 3.44. The zero-order valence-corrected chi connectivity index (χ0v) is 17.6. The Labute approximate surface area is 187 Å². The molecule has 0 fully saturated rings. The van der Waals surface area contributed by atoms with Gasteiger partial charge in [0, 0.05) is 11.1 Å². The van der Waals surface area contributed by atoms with Crippen LogP contribution in [0.1, 0.15) is 0 Å². The highest BCUT2D eigenvalue weighted by molar-refractivity contribution is 7.99. The van der Waals surface area contributed by atoms with Crippen molar-refractivity contribution in [3.05, 3.63) is 90.7 Å². The Bertz CT molecular complexity index is 1360. The van der Waals surface area contributed by atoms with Crippen molar-refractivity contribution in [2.45, 2.75) is 5.16 Å². The lowest BCUT2D eigenvalue weighted by molar-refractivity contribution is -0.113. The molecule has 5 rings (SSSR count). The largest absolute Gasteiger partial charge is 0.453 e. The molecule has 1 amide bonds. The zero-order valence-electron chi connectivity index (χ0n) is 16.7. The number of thioether (sulfide) groups is 1. The van der Waals surface area contributed by atoms with Crippen molar-refractivity contribution in [3.63, 3.8) is 0 Å². The van der Waals surface area contributed by atoms with Crippen LogP contribution in [0.4, 0.5) is 10.1 Å². The van der Waals surface area contributed by atoms with Gasteiger partial charge in [-0.3, -0.25) is 9.36 Å². The van der Waals surface area contributed by atoms with Crippen molar-refractivity contribution in [3.8, 4) is 17.3 Å². The van der Waals surface area contributed by atoms with Crippen LogP contribution < -0.4 is 5.32 Å². The van der Waals surface area contributed by atoms with Gasteiger partial charge < -0.3 is 9.73 Å². The van der Waals surface area contributed by atoms with Gasteiger partial charge in [0.1, 0.15) is 11.4 Å². The first kappa shape index (κ1) is 20.0. The van der Waals surface area contributed by atoms with Crippen molar-refractivity contribution in [1.29, 1.82) is 0 Å². The number of anilines is 1. The SMILES string of the molecule is O=C(CSc1nnc(-c2cc3ccccc3o2)n1-c1ccccc1)Nc1ccccc1F. The van der Waals surface area contributed by atoms with Gasteiger partial charge in [-0.05, 0) is 36.4 Å². The van der Waals surface area contributed by atoms with E-state index in [9.17, 15) is 9.18 Å². The number of furan rings is 1. The third kappa shape index (κ3) is 4.00. The number of amides is 1. The molecule has 0 radical (unpaired) electrons. The molecule has 158 valence electrons. The predicted octanol–water partition coefficient (Wildman–Crippen LogP) is 5.55. The van der Waals surface area contributed by atoms with Gasteiger partial charge in [-0.2, -0.15) is 0 Å². The van der Waals surface area contributed by atoms with Gasteiger partial charge in [-0.1, -0.05) is 60.3 Å². The number of nitrogens with one attached hydrogen (secondary N) is 1. The summed E-state index contributed by atoms with van der Waals surface area (Å²) in [5.74, 6) is 0.326. The Balaban J connectivity index is 1.45. The van der Waals surface area contributed by atoms with Crippen LogP contribution in [-0.2, 0) is 4.79 Å². The summed E-state index contributed by atoms with van der Waals surface area (Å²) >= 11 is 1.21. The number of nitrogens with zero attached hydrogens (tertiary/aromatic N) is 3. The second kappa shape index (κ2) is 8.68. The number of carbonyl (C=O) groups is 1. The molecule has 6 nitrogen and oxygen atoms in total. The molecule has 2 aromatic heterocycles. The summed E-state index contributed by atoms with van der Waals surface area (Å²) in [4.78, 5) is 12.4. The number of hydrogen-bond donors (Lipinski definition) is 1. The fourth-order valence-electron chi connectivity index (χ4n) is 3.30. The van der Waals surface area contributed by atoms with E-state index in [-0.39, 0.29) is 17.3 Å². The highest BCUT2D eigenvalue weighted by atomic mass is 32.2. The molecular formula is C24H17FN4O2S. The van der Waals surface area contributed by atoms with E-state index in [0.717, 1.165) is 16.7 Å². The number of aromatic nitrogens is 3. The monoisotopic (exact) mass is 444 g/mol. The Kier molecular flexibility index (Phi) is 5.43. The summed E-state index contributed by atoms with van der Waals surface area (Å²) in [6.45, 7) is 0. The molecule has 32 heavy (non-hydrogen) atoms. The highest BCUT2D eigenvalue weighted by Crippen LogP contribution is 2.31. The molecule has 0 unspecified atom stereocenters. The first-order chi connectivity index (χ1) is 15.7. The van der Waals surface area contributed by atoms with Gasteiger partial charge >= 0.3 is 0 Å². The van der Waals surface area contributed by atoms with E-state index in [1.807, 2.05) is 65.2 Å². The summed E-state index contributed by atoms with van der Waals surface area (Å²) in [6.07, 6.45) is 0. The van der Waals surface area contributed by atoms with Gasteiger partial charge in [0.05, 0.1) is 11.4 Å². The zero-order chi connectivity index (χ0) is 21.9. The van der Waals surface area contributed by atoms with Crippen LogP contribution in [0.5, 0.6) is 0 Å². The van der Waals surface area contributed by atoms with Crippen molar-refractivity contribution in [2.24, 2.45) is 0 Å². The second-order valence-corrected chi connectivity index (χ2v) is 7.88. The van der Waals surface area contributed by atoms with Gasteiger partial charge in [0.25, 0.3) is 0 Å². The molecule has 0 atom stereocenters. The fraction of sp³-hybridized carbons (Fsp3) is 0.0417. The van der Waals surface area contributed by atoms with Gasteiger partial charge in [-0.25, -0.2) is 4.39 Å². The first-order valence-electron chi connectivity index (χ1n) is 9.86. The topological polar surface area (TPSA) is 73.0 Å². The minimum atomic E-state index is -0.481. The first-order valence-corrected chi connectivity index (χ1v) is 10.8. The Morgan fingerprint density at radius 1 is 0.969 bits per heavy atom. The lowest BCUT2D eigenvalue weighted by atomic mass is 10.2. The van der Waals surface area contributed by atoms with E-state index in [4.69, 9.17) is 4.42 Å². The molecule has 0 saturated carbocycles. The van der Waals surface area contributed by atoms with Crippen molar-refractivity contribution in [1.82, 2.24) is 14.8 Å². The van der Waals surface area contributed by atoms with E-state index in [0.29, 0.717) is 16.7 Å². The molecule has 2 heterocycles. The number of fused-ring (bicyclic) bond motifs is 1. The number of benzene rings is 3. The van der Waals surface area contributed by atoms with E-state index in [2.05, 4.69) is 15.5 Å². The molecular weight excluding hydrogens is 427 g/mol. The molecule has 5 aromatic rings. The summed E-state index contributed by atoms with van der Waals surface area (Å²) in [7, 11) is 0. The molecule has 0 aliphatic carbocycles. The van der Waals surface area contributed by atoms with Crippen LogP contribution in [0.2, 0.25) is 0 Å². The number of rotatable bonds is 6. The van der Waals surface area contributed by atoms with Crippen LogP contribution in [-0.4, -0.2) is 26.4 Å². The molecule has 0 spiro atoms. The van der Waals surface area contributed by atoms with Gasteiger partial charge in [-0.15, -0.1) is 10.2 Å². The number of carbonyl (C=O) groups excluding carboxylic acids is 1. The normalized spacial score (nSPS) is 11.0. The summed E-state index contributed by atoms with van der Waals surface area (Å²) < 4.78 is 21.7. The average molecular weight is 444 g/mol. The maximum absolute atomic E-state index is 13.8. The third-order valence-corrected chi connectivity index (χ3v) is 5.70. The van der Waals surface area contributed by atoms with Crippen molar-refractivity contribution < 1.29 is 13.6 Å². The molecule has 0 aliphatic rings. The van der Waals surface area contributed by atoms with E-state index in [1.165, 1.54) is 23.9 Å². The lowest BCUT2D eigenvalue weighted by Gasteiger charge is -2.09. The number of hydrogen-bond acceptors (Lipinski definition) is 5. The Morgan fingerprint density at radius 3 is 2.53 bits per heavy atom. The quantitative estimate of drug-likeness (QED) is 0.348. The maximum atomic E-state index is 13.8. The Hall–Kier alpha value is -3.91. The molecule has 1 N–H and O–H groups in total. The van der Waals surface area contributed by atoms with Gasteiger partial charge in [0.2, 0.25) is 11.7 Å². The standard InChI is InChI=1S/C24H17FN4O2S/c25-18-11-5-6-12-19(18)26-22(30)15-32-24-28-27-23(29(24)17-9-2-1-3-10-17)21-14-16-8-4-7-13-20(16)31-21/h1-14H,15H2,(H,26,30). The highest BCUT2D eigenvalue weighted by Gasteiger charge is 2.20. The number of para-hydroxylation sites is 3. The van der Waals surface area contributed by atoms with E-state index in [1.54, 1.807) is 12.1 Å². The molecule has 0 saturated heterocycles. The fourth-order valence-corrected chi connectivity index (χ4v) is 4.06. The lowest BCUT2D eigenvalue weighted by Crippen LogP contribution is -2.15. The Morgan fingerprint density at radius 2 is 1.72 bits per heavy atom. The van der Waals surface area contributed by atoms with E-state index < -0.39 is 5.82 Å². The summed E-state index contributed by atoms with van der Waals surface area (Å²) in [6, 6.07) is 25.3. The van der Waals surface area contributed by atoms with Crippen LogP contribution in [0.15, 0.2) is 94.5 Å². The van der Waals surface area contributed by atoms with Crippen LogP contribution in [0.3, 0.4) is 0 Å². The third-order valence-electron chi connectivity index (χ3n) is 4.77. The predicted molar refractivity (Wildman–Crippen MR) is 122 cm³/mol. The number of halogens is 1. The minimum absolute atomic E-state index is 0.0411. The van der Waals surface area contributed by atoms with Crippen LogP contribution in [0, 0.1) is 5.82 Å². The smallest absolute Gasteiger partial charge is 0.234 e. The molecule has 0 bridgehead atoms. The maximum Gasteiger partial charge on any atom is 0.234 e. The summed E-state index contributed by atoms with van der Waals surface area (Å²) in [5, 5.41) is 12.7. The minimum Gasteiger partial charge on any atom is -0.453 e. The van der Waals surface area contributed by atoms with Crippen molar-refractivity contribution >= 4 is 34.3 Å². The summed E-state index contributed by atoms with van der Waals surface area (Å²) in [5.41, 5.74) is 1.74.